The molecule has 1 aliphatic rings. The Bertz CT molecular complexity index is 408. The second-order valence-electron chi connectivity index (χ2n) is 6.74. The van der Waals surface area contributed by atoms with Crippen LogP contribution >= 0.6 is 0 Å². The fourth-order valence-electron chi connectivity index (χ4n) is 3.47. The van der Waals surface area contributed by atoms with Gasteiger partial charge in [-0.25, -0.2) is 0 Å². The van der Waals surface area contributed by atoms with Gasteiger partial charge in [-0.3, -0.25) is 4.90 Å². The Hall–Kier alpha value is -0.860. The Kier molecular flexibility index (Phi) is 5.22. The molecule has 2 nitrogen and oxygen atoms in total. The summed E-state index contributed by atoms with van der Waals surface area (Å²) in [6, 6.07) is 10.3. The van der Waals surface area contributed by atoms with E-state index in [0.29, 0.717) is 23.9 Å². The second-order valence-corrected chi connectivity index (χ2v) is 6.74. The lowest BCUT2D eigenvalue weighted by Gasteiger charge is -2.43. The summed E-state index contributed by atoms with van der Waals surface area (Å²) in [4.78, 5) is 2.63. The summed E-state index contributed by atoms with van der Waals surface area (Å²) in [5, 5.41) is 0. The zero-order chi connectivity index (χ0) is 14.7. The van der Waals surface area contributed by atoms with Gasteiger partial charge in [0.25, 0.3) is 0 Å². The van der Waals surface area contributed by atoms with Crippen LogP contribution < -0.4 is 5.73 Å². The van der Waals surface area contributed by atoms with E-state index >= 15 is 0 Å². The number of hydrogen-bond acceptors (Lipinski definition) is 2. The van der Waals surface area contributed by atoms with Crippen LogP contribution in [0, 0.1) is 5.92 Å². The highest BCUT2D eigenvalue weighted by molar-refractivity contribution is 5.28. The minimum Gasteiger partial charge on any atom is -0.330 e. The largest absolute Gasteiger partial charge is 0.330 e. The fraction of sp³-hybridized carbons (Fsp3) is 0.667. The first-order valence-electron chi connectivity index (χ1n) is 8.10. The van der Waals surface area contributed by atoms with Crippen molar-refractivity contribution in [1.29, 1.82) is 0 Å². The van der Waals surface area contributed by atoms with Crippen molar-refractivity contribution in [1.82, 2.24) is 4.90 Å². The number of likely N-dealkylation sites (tertiary alicyclic amines) is 1. The molecule has 0 aliphatic carbocycles. The van der Waals surface area contributed by atoms with Crippen LogP contribution in [-0.2, 0) is 0 Å². The minimum atomic E-state index is 0.495. The topological polar surface area (TPSA) is 29.3 Å². The number of nitrogens with two attached hydrogens (primary N) is 1. The van der Waals surface area contributed by atoms with E-state index in [1.54, 1.807) is 0 Å². The van der Waals surface area contributed by atoms with E-state index in [9.17, 15) is 0 Å². The van der Waals surface area contributed by atoms with Gasteiger partial charge in [0.1, 0.15) is 0 Å². The van der Waals surface area contributed by atoms with Crippen molar-refractivity contribution >= 4 is 0 Å². The minimum absolute atomic E-state index is 0.495. The van der Waals surface area contributed by atoms with Crippen LogP contribution in [0.5, 0.6) is 0 Å². The Morgan fingerprint density at radius 2 is 1.80 bits per heavy atom. The molecule has 1 saturated heterocycles. The van der Waals surface area contributed by atoms with E-state index in [-0.39, 0.29) is 0 Å². The molecule has 0 radical (unpaired) electrons. The molecule has 0 spiro atoms. The van der Waals surface area contributed by atoms with Crippen LogP contribution in [0.3, 0.4) is 0 Å². The monoisotopic (exact) mass is 274 g/mol. The Morgan fingerprint density at radius 3 is 2.30 bits per heavy atom. The first-order valence-corrected chi connectivity index (χ1v) is 8.10. The average Bonchev–Trinajstić information content (AvgIpc) is 2.46. The lowest BCUT2D eigenvalue weighted by atomic mass is 9.83. The predicted octanol–water partition coefficient (Wildman–Crippen LogP) is 3.93. The van der Waals surface area contributed by atoms with Crippen molar-refractivity contribution in [3.63, 3.8) is 0 Å². The van der Waals surface area contributed by atoms with E-state index in [2.05, 4.69) is 56.9 Å². The van der Waals surface area contributed by atoms with Gasteiger partial charge in [0.05, 0.1) is 0 Å². The van der Waals surface area contributed by atoms with E-state index < -0.39 is 0 Å². The van der Waals surface area contributed by atoms with E-state index in [4.69, 9.17) is 5.73 Å². The van der Waals surface area contributed by atoms with E-state index in [1.165, 1.54) is 30.5 Å². The Balaban J connectivity index is 2.28. The summed E-state index contributed by atoms with van der Waals surface area (Å²) in [7, 11) is 0. The summed E-state index contributed by atoms with van der Waals surface area (Å²) < 4.78 is 0. The summed E-state index contributed by atoms with van der Waals surface area (Å²) in [6.07, 6.45) is 2.54. The van der Waals surface area contributed by atoms with Gasteiger partial charge in [0.2, 0.25) is 0 Å². The quantitative estimate of drug-likeness (QED) is 0.901. The first-order chi connectivity index (χ1) is 9.54. The van der Waals surface area contributed by atoms with Gasteiger partial charge in [-0.2, -0.15) is 0 Å². The molecule has 112 valence electrons. The van der Waals surface area contributed by atoms with Crippen molar-refractivity contribution in [3.8, 4) is 0 Å². The third-order valence-corrected chi connectivity index (χ3v) is 4.71. The molecule has 0 aromatic heterocycles. The maximum absolute atomic E-state index is 6.04. The highest BCUT2D eigenvalue weighted by atomic mass is 15.2. The molecule has 0 saturated carbocycles. The van der Waals surface area contributed by atoms with Gasteiger partial charge >= 0.3 is 0 Å². The number of nitrogens with zero attached hydrogens (tertiary/aromatic N) is 1. The Labute approximate surface area is 124 Å². The van der Waals surface area contributed by atoms with Crippen molar-refractivity contribution in [2.45, 2.75) is 58.5 Å². The Morgan fingerprint density at radius 1 is 1.15 bits per heavy atom. The lowest BCUT2D eigenvalue weighted by molar-refractivity contribution is 0.0665. The number of benzene rings is 1. The van der Waals surface area contributed by atoms with Gasteiger partial charge in [0.15, 0.2) is 0 Å². The van der Waals surface area contributed by atoms with Crippen LogP contribution in [-0.4, -0.2) is 24.0 Å². The van der Waals surface area contributed by atoms with E-state index in [1.807, 2.05) is 0 Å². The van der Waals surface area contributed by atoms with Crippen molar-refractivity contribution < 1.29 is 0 Å². The van der Waals surface area contributed by atoms with Gasteiger partial charge < -0.3 is 5.73 Å². The molecular formula is C18H30N2. The molecule has 1 aromatic carbocycles. The van der Waals surface area contributed by atoms with Crippen molar-refractivity contribution in [2.75, 3.05) is 13.1 Å². The second kappa shape index (κ2) is 6.73. The third-order valence-electron chi connectivity index (χ3n) is 4.71. The zero-order valence-electron chi connectivity index (χ0n) is 13.5. The van der Waals surface area contributed by atoms with Gasteiger partial charge in [-0.15, -0.1) is 0 Å². The zero-order valence-corrected chi connectivity index (χ0v) is 13.5. The van der Waals surface area contributed by atoms with Crippen LogP contribution in [0.25, 0.3) is 0 Å². The third kappa shape index (κ3) is 3.24. The summed E-state index contributed by atoms with van der Waals surface area (Å²) in [5.41, 5.74) is 8.91. The molecule has 2 N–H and O–H groups in total. The molecule has 1 heterocycles. The maximum atomic E-state index is 6.04. The van der Waals surface area contributed by atoms with Crippen LogP contribution in [0.1, 0.15) is 63.6 Å². The fourth-order valence-corrected chi connectivity index (χ4v) is 3.47. The predicted molar refractivity (Wildman–Crippen MR) is 86.9 cm³/mol. The number of piperidine rings is 1. The molecule has 20 heavy (non-hydrogen) atoms. The van der Waals surface area contributed by atoms with E-state index in [0.717, 1.165) is 6.54 Å². The number of rotatable bonds is 4. The summed E-state index contributed by atoms with van der Waals surface area (Å²) in [6.45, 7) is 11.1. The SMILES string of the molecule is CC(C)c1ccc(C2C(CN)CCCN2C(C)C)cc1. The normalized spacial score (nSPS) is 24.6. The lowest BCUT2D eigenvalue weighted by Crippen LogP contribution is -2.44. The molecule has 1 fully saturated rings. The van der Waals surface area contributed by atoms with Gasteiger partial charge in [-0.1, -0.05) is 38.1 Å². The maximum Gasteiger partial charge on any atom is 0.0391 e. The summed E-state index contributed by atoms with van der Waals surface area (Å²) in [5.74, 6) is 1.19. The van der Waals surface area contributed by atoms with Gasteiger partial charge in [0, 0.05) is 12.1 Å². The van der Waals surface area contributed by atoms with Crippen molar-refractivity contribution in [2.24, 2.45) is 11.7 Å². The highest BCUT2D eigenvalue weighted by Crippen LogP contribution is 2.37. The molecular weight excluding hydrogens is 244 g/mol. The van der Waals surface area contributed by atoms with Crippen molar-refractivity contribution in [3.05, 3.63) is 35.4 Å². The van der Waals surface area contributed by atoms with Crippen LogP contribution in [0.4, 0.5) is 0 Å². The molecule has 1 aliphatic heterocycles. The standard InChI is InChI=1S/C18H30N2/c1-13(2)15-7-9-16(10-8-15)18-17(12-19)6-5-11-20(18)14(3)4/h7-10,13-14,17-18H,5-6,11-12,19H2,1-4H3. The first kappa shape index (κ1) is 15.5. The molecule has 2 atom stereocenters. The molecule has 2 heteroatoms. The summed E-state index contributed by atoms with van der Waals surface area (Å²) >= 11 is 0. The smallest absolute Gasteiger partial charge is 0.0391 e. The average molecular weight is 274 g/mol. The molecule has 2 unspecified atom stereocenters. The van der Waals surface area contributed by atoms with Crippen LogP contribution in [0.15, 0.2) is 24.3 Å². The van der Waals surface area contributed by atoms with Gasteiger partial charge in [-0.05, 0) is 62.7 Å². The molecule has 0 amide bonds. The number of hydrogen-bond donors (Lipinski definition) is 1. The molecule has 1 aromatic rings. The molecule has 0 bridgehead atoms. The highest BCUT2D eigenvalue weighted by Gasteiger charge is 2.32. The van der Waals surface area contributed by atoms with Crippen LogP contribution in [0.2, 0.25) is 0 Å². The molecule has 2 rings (SSSR count).